The third-order valence-electron chi connectivity index (χ3n) is 5.99. The van der Waals surface area contributed by atoms with Gasteiger partial charge < -0.3 is 13.7 Å². The van der Waals surface area contributed by atoms with Crippen LogP contribution in [-0.2, 0) is 34.1 Å². The predicted molar refractivity (Wildman–Crippen MR) is 144 cm³/mol. The number of ether oxygens (including phenoxy) is 1. The summed E-state index contributed by atoms with van der Waals surface area (Å²) in [6, 6.07) is 11.0. The molecule has 0 atom stereocenters. The van der Waals surface area contributed by atoms with Crippen LogP contribution in [0.3, 0.4) is 0 Å². The van der Waals surface area contributed by atoms with Crippen LogP contribution in [0.15, 0.2) is 51.4 Å². The highest BCUT2D eigenvalue weighted by atomic mass is 79.9. The average Bonchev–Trinajstić information content (AvgIpc) is 3.40. The minimum absolute atomic E-state index is 0.120. The molecule has 0 aliphatic rings. The van der Waals surface area contributed by atoms with Crippen molar-refractivity contribution in [2.24, 2.45) is 0 Å². The number of aromatic nitrogens is 2. The second-order valence-corrected chi connectivity index (χ2v) is 11.0. The smallest absolute Gasteiger partial charge is 0.461 e. The van der Waals surface area contributed by atoms with Crippen molar-refractivity contribution in [3.63, 3.8) is 0 Å². The summed E-state index contributed by atoms with van der Waals surface area (Å²) in [5.41, 5.74) is -3.37. The third kappa shape index (κ3) is 5.55. The second kappa shape index (κ2) is 11.0. The standard InChI is InChI=1S/C26H25BrF3N3O5S/c1-4-18-23(25(34)37-6-3)33(21(5-2)31-18)14-15-11-12-20-17(13-15)22(27)24(38-20)16-9-7-8-10-19(16)32-39(35,36)26(28,29)30/h7-13,32H,4-6,14H2,1-3H3. The van der Waals surface area contributed by atoms with E-state index in [2.05, 4.69) is 20.9 Å². The minimum atomic E-state index is -5.64. The quantitative estimate of drug-likeness (QED) is 0.208. The summed E-state index contributed by atoms with van der Waals surface area (Å²) < 4.78 is 77.6. The zero-order chi connectivity index (χ0) is 28.5. The van der Waals surface area contributed by atoms with E-state index < -0.39 is 21.5 Å². The second-order valence-electron chi connectivity index (χ2n) is 8.51. The fourth-order valence-corrected chi connectivity index (χ4v) is 5.40. The maximum Gasteiger partial charge on any atom is 0.516 e. The summed E-state index contributed by atoms with van der Waals surface area (Å²) in [7, 11) is -5.64. The summed E-state index contributed by atoms with van der Waals surface area (Å²) in [5.74, 6) is 0.431. The van der Waals surface area contributed by atoms with Gasteiger partial charge in [-0.1, -0.05) is 32.0 Å². The Balaban J connectivity index is 1.77. The number of imidazole rings is 1. The number of nitrogens with zero attached hydrogens (tertiary/aromatic N) is 2. The van der Waals surface area contributed by atoms with Crippen LogP contribution in [0, 0.1) is 0 Å². The van der Waals surface area contributed by atoms with Gasteiger partial charge in [-0.15, -0.1) is 0 Å². The molecule has 0 fully saturated rings. The first-order chi connectivity index (χ1) is 18.4. The Kier molecular flexibility index (Phi) is 8.12. The fraction of sp³-hybridized carbons (Fsp3) is 0.308. The number of esters is 1. The lowest BCUT2D eigenvalue weighted by Crippen LogP contribution is -2.30. The highest BCUT2D eigenvalue weighted by Gasteiger charge is 2.46. The molecule has 0 bridgehead atoms. The summed E-state index contributed by atoms with van der Waals surface area (Å²) in [4.78, 5) is 17.4. The van der Waals surface area contributed by atoms with E-state index in [-0.39, 0.29) is 23.6 Å². The maximum atomic E-state index is 13.0. The molecule has 208 valence electrons. The molecule has 2 heterocycles. The van der Waals surface area contributed by atoms with Crippen LogP contribution in [0.5, 0.6) is 0 Å². The SMILES string of the molecule is CCOC(=O)c1c(CC)nc(CC)n1Cc1ccc2oc(-c3ccccc3NS(=O)(=O)C(F)(F)F)c(Br)c2c1. The number of rotatable bonds is 9. The van der Waals surface area contributed by atoms with Gasteiger partial charge in [0.2, 0.25) is 0 Å². The molecule has 0 saturated heterocycles. The summed E-state index contributed by atoms with van der Waals surface area (Å²) >= 11 is 3.48. The van der Waals surface area contributed by atoms with Crippen molar-refractivity contribution in [2.75, 3.05) is 11.3 Å². The number of para-hydroxylation sites is 1. The number of aryl methyl sites for hydroxylation is 2. The van der Waals surface area contributed by atoms with Crippen LogP contribution >= 0.6 is 15.9 Å². The van der Waals surface area contributed by atoms with Gasteiger partial charge in [0.15, 0.2) is 11.5 Å². The van der Waals surface area contributed by atoms with Gasteiger partial charge in [0.05, 0.1) is 22.5 Å². The Labute approximate surface area is 231 Å². The normalized spacial score (nSPS) is 12.2. The van der Waals surface area contributed by atoms with Crippen molar-refractivity contribution >= 4 is 48.6 Å². The van der Waals surface area contributed by atoms with E-state index in [0.717, 1.165) is 11.4 Å². The van der Waals surface area contributed by atoms with Gasteiger partial charge in [-0.25, -0.2) is 9.78 Å². The zero-order valence-corrected chi connectivity index (χ0v) is 23.6. The number of hydrogen-bond acceptors (Lipinski definition) is 6. The fourth-order valence-electron chi connectivity index (χ4n) is 4.21. The van der Waals surface area contributed by atoms with Crippen LogP contribution in [0.1, 0.15) is 48.3 Å². The molecule has 13 heteroatoms. The summed E-state index contributed by atoms with van der Waals surface area (Å²) in [5, 5.41) is 0.613. The van der Waals surface area contributed by atoms with Gasteiger partial charge in [-0.2, -0.15) is 21.6 Å². The van der Waals surface area contributed by atoms with E-state index in [1.165, 1.54) is 18.2 Å². The molecule has 8 nitrogen and oxygen atoms in total. The predicted octanol–water partition coefficient (Wildman–Crippen LogP) is 6.67. The van der Waals surface area contributed by atoms with Crippen LogP contribution in [0.2, 0.25) is 0 Å². The molecule has 4 rings (SSSR count). The third-order valence-corrected chi connectivity index (χ3v) is 7.88. The first kappa shape index (κ1) is 28.7. The van der Waals surface area contributed by atoms with E-state index in [1.54, 1.807) is 29.8 Å². The zero-order valence-electron chi connectivity index (χ0n) is 21.2. The van der Waals surface area contributed by atoms with Gasteiger partial charge >= 0.3 is 21.5 Å². The molecular formula is C26H25BrF3N3O5S. The van der Waals surface area contributed by atoms with Crippen LogP contribution in [0.25, 0.3) is 22.3 Å². The first-order valence-electron chi connectivity index (χ1n) is 12.1. The Hall–Kier alpha value is -3.32. The van der Waals surface area contributed by atoms with E-state index >= 15 is 0 Å². The van der Waals surface area contributed by atoms with Crippen LogP contribution < -0.4 is 4.72 Å². The Morgan fingerprint density at radius 1 is 1.13 bits per heavy atom. The number of nitrogens with one attached hydrogen (secondary N) is 1. The molecular weight excluding hydrogens is 603 g/mol. The number of alkyl halides is 3. The molecule has 4 aromatic rings. The van der Waals surface area contributed by atoms with Crippen molar-refractivity contribution in [2.45, 2.75) is 45.7 Å². The van der Waals surface area contributed by atoms with Crippen LogP contribution in [-0.4, -0.2) is 36.1 Å². The molecule has 2 aromatic heterocycles. The number of benzene rings is 2. The molecule has 39 heavy (non-hydrogen) atoms. The largest absolute Gasteiger partial charge is 0.516 e. The number of carbonyl (C=O) groups excluding carboxylic acids is 1. The highest BCUT2D eigenvalue weighted by Crippen LogP contribution is 2.42. The monoisotopic (exact) mass is 627 g/mol. The first-order valence-corrected chi connectivity index (χ1v) is 14.3. The van der Waals surface area contributed by atoms with Gasteiger partial charge in [0.25, 0.3) is 0 Å². The molecule has 0 radical (unpaired) electrons. The van der Waals surface area contributed by atoms with Gasteiger partial charge in [0, 0.05) is 23.9 Å². The lowest BCUT2D eigenvalue weighted by Gasteiger charge is -2.13. The van der Waals surface area contributed by atoms with E-state index in [1.807, 2.05) is 24.5 Å². The molecule has 1 N–H and O–H groups in total. The lowest BCUT2D eigenvalue weighted by atomic mass is 10.1. The maximum absolute atomic E-state index is 13.0. The van der Waals surface area contributed by atoms with Crippen molar-refractivity contribution < 1.29 is 35.5 Å². The lowest BCUT2D eigenvalue weighted by molar-refractivity contribution is -0.0429. The van der Waals surface area contributed by atoms with Gasteiger partial charge in [0.1, 0.15) is 11.4 Å². The Morgan fingerprint density at radius 2 is 1.85 bits per heavy atom. The van der Waals surface area contributed by atoms with E-state index in [9.17, 15) is 26.4 Å². The van der Waals surface area contributed by atoms with E-state index in [4.69, 9.17) is 9.15 Å². The van der Waals surface area contributed by atoms with Crippen molar-refractivity contribution in [3.05, 3.63) is 69.7 Å². The Bertz CT molecular complexity index is 1640. The Morgan fingerprint density at radius 3 is 2.49 bits per heavy atom. The van der Waals surface area contributed by atoms with E-state index in [0.29, 0.717) is 46.2 Å². The average molecular weight is 628 g/mol. The van der Waals surface area contributed by atoms with Gasteiger partial charge in [-0.3, -0.25) is 4.72 Å². The number of hydrogen-bond donors (Lipinski definition) is 1. The number of anilines is 1. The minimum Gasteiger partial charge on any atom is -0.461 e. The number of furan rings is 1. The molecule has 0 amide bonds. The summed E-state index contributed by atoms with van der Waals surface area (Å²) in [6.07, 6.45) is 1.15. The van der Waals surface area contributed by atoms with Crippen LogP contribution in [0.4, 0.5) is 18.9 Å². The number of carbonyl (C=O) groups is 1. The summed E-state index contributed by atoms with van der Waals surface area (Å²) in [6.45, 7) is 6.14. The molecule has 0 aliphatic heterocycles. The van der Waals surface area contributed by atoms with Crippen molar-refractivity contribution in [1.29, 1.82) is 0 Å². The molecule has 2 aromatic carbocycles. The molecule has 0 saturated carbocycles. The molecule has 0 unspecified atom stereocenters. The molecule has 0 spiro atoms. The number of halogens is 4. The van der Waals surface area contributed by atoms with Gasteiger partial charge in [-0.05, 0) is 59.1 Å². The highest BCUT2D eigenvalue weighted by molar-refractivity contribution is 9.10. The topological polar surface area (TPSA) is 103 Å². The van der Waals surface area contributed by atoms with Crippen molar-refractivity contribution in [1.82, 2.24) is 9.55 Å². The molecule has 0 aliphatic carbocycles. The van der Waals surface area contributed by atoms with Crippen molar-refractivity contribution in [3.8, 4) is 11.3 Å². The number of fused-ring (bicyclic) bond motifs is 1. The number of sulfonamides is 1.